The number of carbonyl (C=O) groups excluding carboxylic acids is 1. The lowest BCUT2D eigenvalue weighted by Gasteiger charge is -2.14. The van der Waals surface area contributed by atoms with E-state index in [-0.39, 0.29) is 23.5 Å². The van der Waals surface area contributed by atoms with E-state index in [0.717, 1.165) is 16.2 Å². The van der Waals surface area contributed by atoms with Crippen LogP contribution in [0.5, 0.6) is 0 Å². The third kappa shape index (κ3) is 5.13. The predicted octanol–water partition coefficient (Wildman–Crippen LogP) is 3.80. The summed E-state index contributed by atoms with van der Waals surface area (Å²) >= 11 is 1.33. The molecule has 3 aromatic rings. The molecule has 0 aliphatic heterocycles. The lowest BCUT2D eigenvalue weighted by atomic mass is 10.1. The van der Waals surface area contributed by atoms with Crippen molar-refractivity contribution >= 4 is 17.7 Å². The van der Waals surface area contributed by atoms with Crippen molar-refractivity contribution in [2.24, 2.45) is 0 Å². The maximum absolute atomic E-state index is 13.0. The van der Waals surface area contributed by atoms with Gasteiger partial charge in [-0.3, -0.25) is 4.79 Å². The van der Waals surface area contributed by atoms with Gasteiger partial charge in [-0.25, -0.2) is 9.37 Å². The van der Waals surface area contributed by atoms with Gasteiger partial charge >= 0.3 is 0 Å². The Bertz CT molecular complexity index is 897. The quantitative estimate of drug-likeness (QED) is 0.622. The van der Waals surface area contributed by atoms with E-state index in [1.54, 1.807) is 18.3 Å². The molecule has 6 nitrogen and oxygen atoms in total. The highest BCUT2D eigenvalue weighted by Crippen LogP contribution is 2.21. The topological polar surface area (TPSA) is 80.9 Å². The highest BCUT2D eigenvalue weighted by atomic mass is 32.2. The minimum Gasteiger partial charge on any atom is -0.349 e. The zero-order valence-electron chi connectivity index (χ0n) is 15.0. The first-order valence-electron chi connectivity index (χ1n) is 8.51. The molecule has 0 spiro atoms. The van der Waals surface area contributed by atoms with Crippen LogP contribution in [-0.4, -0.2) is 26.8 Å². The van der Waals surface area contributed by atoms with Crippen LogP contribution in [0.4, 0.5) is 4.39 Å². The fourth-order valence-electron chi connectivity index (χ4n) is 2.36. The second-order valence-electron chi connectivity index (χ2n) is 5.88. The maximum atomic E-state index is 13.0. The summed E-state index contributed by atoms with van der Waals surface area (Å²) in [5.41, 5.74) is 1.59. The number of pyridine rings is 1. The number of hydrogen-bond donors (Lipinski definition) is 1. The molecular weight excluding hydrogens is 367 g/mol. The molecule has 0 aliphatic carbocycles. The van der Waals surface area contributed by atoms with Crippen molar-refractivity contribution in [1.29, 1.82) is 0 Å². The summed E-state index contributed by atoms with van der Waals surface area (Å²) in [6.45, 7) is 3.81. The van der Waals surface area contributed by atoms with Crippen molar-refractivity contribution in [1.82, 2.24) is 20.4 Å². The molecule has 2 heterocycles. The number of thioether (sulfide) groups is 1. The number of nitrogens with one attached hydrogen (secondary N) is 1. The van der Waals surface area contributed by atoms with E-state index in [0.29, 0.717) is 18.1 Å². The smallest absolute Gasteiger partial charge is 0.259 e. The summed E-state index contributed by atoms with van der Waals surface area (Å²) in [5.74, 6) is 0.900. The Morgan fingerprint density at radius 3 is 2.67 bits per heavy atom. The van der Waals surface area contributed by atoms with E-state index >= 15 is 0 Å². The molecule has 0 fully saturated rings. The van der Waals surface area contributed by atoms with Gasteiger partial charge in [-0.1, -0.05) is 36.0 Å². The Morgan fingerprint density at radius 2 is 2.04 bits per heavy atom. The number of aromatic nitrogens is 3. The predicted molar refractivity (Wildman–Crippen MR) is 101 cm³/mol. The van der Waals surface area contributed by atoms with Crippen LogP contribution in [0.3, 0.4) is 0 Å². The molecule has 1 aromatic carbocycles. The van der Waals surface area contributed by atoms with E-state index < -0.39 is 0 Å². The van der Waals surface area contributed by atoms with Crippen molar-refractivity contribution in [3.63, 3.8) is 0 Å². The van der Waals surface area contributed by atoms with Gasteiger partial charge in [-0.2, -0.15) is 4.98 Å². The summed E-state index contributed by atoms with van der Waals surface area (Å²) in [7, 11) is 0. The van der Waals surface area contributed by atoms with Gasteiger partial charge in [-0.15, -0.1) is 0 Å². The third-order valence-corrected chi connectivity index (χ3v) is 4.81. The van der Waals surface area contributed by atoms with Crippen LogP contribution < -0.4 is 5.32 Å². The van der Waals surface area contributed by atoms with E-state index in [1.165, 1.54) is 23.9 Å². The van der Waals surface area contributed by atoms with E-state index in [2.05, 4.69) is 20.4 Å². The Hall–Kier alpha value is -2.74. The fraction of sp³-hybridized carbons (Fsp3) is 0.263. The SMILES string of the molecule is CCc1noc(-c2ccc(SCC(=O)N[C@@H](C)c3ccc(F)cc3)nc2)n1. The average molecular weight is 386 g/mol. The number of nitrogens with zero attached hydrogens (tertiary/aromatic N) is 3. The van der Waals surface area contributed by atoms with Gasteiger partial charge in [0, 0.05) is 12.6 Å². The first kappa shape index (κ1) is 19.0. The van der Waals surface area contributed by atoms with Crippen LogP contribution >= 0.6 is 11.8 Å². The van der Waals surface area contributed by atoms with Gasteiger partial charge in [0.15, 0.2) is 5.82 Å². The van der Waals surface area contributed by atoms with Gasteiger partial charge in [0.25, 0.3) is 5.89 Å². The van der Waals surface area contributed by atoms with Crippen LogP contribution in [0.15, 0.2) is 52.1 Å². The van der Waals surface area contributed by atoms with Crippen molar-refractivity contribution in [3.8, 4) is 11.5 Å². The molecule has 0 saturated carbocycles. The van der Waals surface area contributed by atoms with Crippen molar-refractivity contribution < 1.29 is 13.7 Å². The molecule has 1 atom stereocenters. The summed E-state index contributed by atoms with van der Waals surface area (Å²) in [5, 5.41) is 7.47. The standard InChI is InChI=1S/C19H19FN4O2S/c1-3-16-23-19(26-24-16)14-6-9-18(21-10-14)27-11-17(25)22-12(2)13-4-7-15(20)8-5-13/h4-10,12H,3,11H2,1-2H3,(H,22,25)/t12-/m0/s1. The summed E-state index contributed by atoms with van der Waals surface area (Å²) in [4.78, 5) is 20.7. The monoisotopic (exact) mass is 386 g/mol. The van der Waals surface area contributed by atoms with Crippen LogP contribution in [0.2, 0.25) is 0 Å². The van der Waals surface area contributed by atoms with Crippen molar-refractivity contribution in [3.05, 3.63) is 59.8 Å². The van der Waals surface area contributed by atoms with Crippen molar-refractivity contribution in [2.75, 3.05) is 5.75 Å². The molecular formula is C19H19FN4O2S. The average Bonchev–Trinajstić information content (AvgIpc) is 3.16. The van der Waals surface area contributed by atoms with Crippen molar-refractivity contribution in [2.45, 2.75) is 31.3 Å². The van der Waals surface area contributed by atoms with Crippen LogP contribution in [0.25, 0.3) is 11.5 Å². The molecule has 0 saturated heterocycles. The number of rotatable bonds is 7. The Balaban J connectivity index is 1.51. The highest BCUT2D eigenvalue weighted by molar-refractivity contribution is 7.99. The first-order valence-corrected chi connectivity index (χ1v) is 9.50. The molecule has 1 amide bonds. The second kappa shape index (κ2) is 8.77. The first-order chi connectivity index (χ1) is 13.0. The van der Waals surface area contributed by atoms with Crippen LogP contribution in [0, 0.1) is 5.82 Å². The van der Waals surface area contributed by atoms with Gasteiger partial charge in [0.1, 0.15) is 5.82 Å². The lowest BCUT2D eigenvalue weighted by molar-refractivity contribution is -0.119. The number of carbonyl (C=O) groups is 1. The van der Waals surface area contributed by atoms with E-state index in [4.69, 9.17) is 4.52 Å². The normalized spacial score (nSPS) is 12.0. The highest BCUT2D eigenvalue weighted by Gasteiger charge is 2.12. The number of halogens is 1. The Kier molecular flexibility index (Phi) is 6.18. The van der Waals surface area contributed by atoms with E-state index in [1.807, 2.05) is 26.0 Å². The number of aryl methyl sites for hydroxylation is 1. The maximum Gasteiger partial charge on any atom is 0.259 e. The lowest BCUT2D eigenvalue weighted by Crippen LogP contribution is -2.28. The number of hydrogen-bond acceptors (Lipinski definition) is 6. The minimum atomic E-state index is -0.297. The number of amides is 1. The molecule has 8 heteroatoms. The molecule has 1 N–H and O–H groups in total. The molecule has 0 radical (unpaired) electrons. The van der Waals surface area contributed by atoms with Gasteiger partial charge in [-0.05, 0) is 36.8 Å². The Morgan fingerprint density at radius 1 is 1.26 bits per heavy atom. The minimum absolute atomic E-state index is 0.118. The third-order valence-electron chi connectivity index (χ3n) is 3.87. The fourth-order valence-corrected chi connectivity index (χ4v) is 3.02. The zero-order valence-corrected chi connectivity index (χ0v) is 15.8. The summed E-state index contributed by atoms with van der Waals surface area (Å²) in [6, 6.07) is 9.54. The number of benzene rings is 1. The summed E-state index contributed by atoms with van der Waals surface area (Å²) < 4.78 is 18.1. The molecule has 0 bridgehead atoms. The molecule has 0 aliphatic rings. The molecule has 3 rings (SSSR count). The largest absolute Gasteiger partial charge is 0.349 e. The van der Waals surface area contributed by atoms with Gasteiger partial charge in [0.2, 0.25) is 5.91 Å². The van der Waals surface area contributed by atoms with Gasteiger partial charge < -0.3 is 9.84 Å². The molecule has 140 valence electrons. The molecule has 27 heavy (non-hydrogen) atoms. The van der Waals surface area contributed by atoms with Crippen LogP contribution in [0.1, 0.15) is 31.3 Å². The molecule has 0 unspecified atom stereocenters. The molecule has 2 aromatic heterocycles. The van der Waals surface area contributed by atoms with Gasteiger partial charge in [0.05, 0.1) is 22.4 Å². The summed E-state index contributed by atoms with van der Waals surface area (Å²) in [6.07, 6.45) is 2.35. The second-order valence-corrected chi connectivity index (χ2v) is 6.88. The zero-order chi connectivity index (χ0) is 19.2. The van der Waals surface area contributed by atoms with E-state index in [9.17, 15) is 9.18 Å². The van der Waals surface area contributed by atoms with Crippen LogP contribution in [-0.2, 0) is 11.2 Å². The Labute approximate surface area is 160 Å².